The number of hydrogen-bond donors (Lipinski definition) is 2. The Hall–Kier alpha value is -2.66. The number of carbonyl (C=O) groups excluding carboxylic acids is 1. The van der Waals surface area contributed by atoms with Crippen molar-refractivity contribution in [2.24, 2.45) is 0 Å². The van der Waals surface area contributed by atoms with Gasteiger partial charge in [0.05, 0.1) is 25.3 Å². The third kappa shape index (κ3) is 4.67. The molecular formula is C20H24N4O. The number of fused-ring (bicyclic) bond motifs is 1. The molecule has 0 spiro atoms. The number of hydrogen-bond acceptors (Lipinski definition) is 3. The highest BCUT2D eigenvalue weighted by Gasteiger charge is 2.09. The van der Waals surface area contributed by atoms with Crippen LogP contribution in [0.4, 0.5) is 0 Å². The first-order valence-corrected chi connectivity index (χ1v) is 8.59. The number of rotatable bonds is 7. The second-order valence-electron chi connectivity index (χ2n) is 6.35. The average Bonchev–Trinajstić information content (AvgIpc) is 3.03. The molecule has 3 rings (SSSR count). The largest absolute Gasteiger partial charge is 0.348 e. The maximum atomic E-state index is 12.1. The van der Waals surface area contributed by atoms with Crippen LogP contribution in [0.15, 0.2) is 54.9 Å². The Labute approximate surface area is 148 Å². The summed E-state index contributed by atoms with van der Waals surface area (Å²) in [4.78, 5) is 12.1. The minimum Gasteiger partial charge on any atom is -0.348 e. The van der Waals surface area contributed by atoms with Crippen molar-refractivity contribution in [1.29, 1.82) is 0 Å². The van der Waals surface area contributed by atoms with Gasteiger partial charge >= 0.3 is 0 Å². The van der Waals surface area contributed by atoms with Crippen LogP contribution in [-0.2, 0) is 11.3 Å². The van der Waals surface area contributed by atoms with E-state index in [0.29, 0.717) is 13.1 Å². The summed E-state index contributed by atoms with van der Waals surface area (Å²) in [5.74, 6) is -0.00250. The summed E-state index contributed by atoms with van der Waals surface area (Å²) in [6.07, 6.45) is 3.82. The van der Waals surface area contributed by atoms with E-state index in [1.54, 1.807) is 0 Å². The molecule has 1 heterocycles. The van der Waals surface area contributed by atoms with Crippen LogP contribution in [0.5, 0.6) is 0 Å². The molecule has 1 atom stereocenters. The van der Waals surface area contributed by atoms with E-state index in [9.17, 15) is 4.79 Å². The van der Waals surface area contributed by atoms with Gasteiger partial charge in [-0.3, -0.25) is 9.48 Å². The van der Waals surface area contributed by atoms with Gasteiger partial charge in [-0.25, -0.2) is 0 Å². The van der Waals surface area contributed by atoms with Crippen molar-refractivity contribution >= 4 is 16.7 Å². The van der Waals surface area contributed by atoms with E-state index in [4.69, 9.17) is 0 Å². The first-order chi connectivity index (χ1) is 12.1. The lowest BCUT2D eigenvalue weighted by atomic mass is 10.0. The summed E-state index contributed by atoms with van der Waals surface area (Å²) >= 11 is 0. The van der Waals surface area contributed by atoms with Gasteiger partial charge in [-0.2, -0.15) is 5.10 Å². The summed E-state index contributed by atoms with van der Waals surface area (Å²) in [6.45, 7) is 5.78. The number of carbonyl (C=O) groups is 1. The van der Waals surface area contributed by atoms with Crippen molar-refractivity contribution in [1.82, 2.24) is 20.4 Å². The van der Waals surface area contributed by atoms with E-state index in [2.05, 4.69) is 46.1 Å². The molecule has 0 aliphatic carbocycles. The van der Waals surface area contributed by atoms with Crippen LogP contribution in [0.2, 0.25) is 0 Å². The van der Waals surface area contributed by atoms with Crippen molar-refractivity contribution in [2.75, 3.05) is 13.1 Å². The third-order valence-corrected chi connectivity index (χ3v) is 4.22. The normalized spacial score (nSPS) is 12.2. The van der Waals surface area contributed by atoms with E-state index >= 15 is 0 Å². The van der Waals surface area contributed by atoms with Gasteiger partial charge in [-0.05, 0) is 41.8 Å². The predicted octanol–water partition coefficient (Wildman–Crippen LogP) is 2.81. The molecule has 0 fully saturated rings. The van der Waals surface area contributed by atoms with E-state index in [1.165, 1.54) is 10.8 Å². The zero-order valence-corrected chi connectivity index (χ0v) is 14.7. The van der Waals surface area contributed by atoms with Gasteiger partial charge in [0.15, 0.2) is 0 Å². The standard InChI is InChI=1S/C20H24N4O/c1-15-12-22-24(14-15)10-9-21-13-20(25)23-16(2)18-8-7-17-5-3-4-6-19(17)11-18/h3-8,11-12,14,16,21H,9-10,13H2,1-2H3,(H,23,25). The Morgan fingerprint density at radius 2 is 2.00 bits per heavy atom. The summed E-state index contributed by atoms with van der Waals surface area (Å²) in [5.41, 5.74) is 2.25. The minimum absolute atomic E-state index is 0.00250. The Kier molecular flexibility index (Phi) is 5.46. The second-order valence-corrected chi connectivity index (χ2v) is 6.35. The Morgan fingerprint density at radius 1 is 1.20 bits per heavy atom. The van der Waals surface area contributed by atoms with Gasteiger partial charge in [0, 0.05) is 12.7 Å². The lowest BCUT2D eigenvalue weighted by Crippen LogP contribution is -2.36. The molecule has 1 amide bonds. The molecule has 2 N–H and O–H groups in total. The number of benzene rings is 2. The minimum atomic E-state index is -0.0207. The molecule has 0 aliphatic rings. The highest BCUT2D eigenvalue weighted by atomic mass is 16.1. The first kappa shape index (κ1) is 17.2. The number of aromatic nitrogens is 2. The van der Waals surface area contributed by atoms with Crippen LogP contribution in [0, 0.1) is 6.92 Å². The molecule has 0 saturated carbocycles. The van der Waals surface area contributed by atoms with Crippen LogP contribution in [0.25, 0.3) is 10.8 Å². The van der Waals surface area contributed by atoms with Crippen LogP contribution in [0.3, 0.4) is 0 Å². The SMILES string of the molecule is Cc1cnn(CCNCC(=O)NC(C)c2ccc3ccccc3c2)c1. The second kappa shape index (κ2) is 7.94. The first-order valence-electron chi connectivity index (χ1n) is 8.59. The van der Waals surface area contributed by atoms with E-state index in [-0.39, 0.29) is 11.9 Å². The van der Waals surface area contributed by atoms with Gasteiger partial charge in [0.2, 0.25) is 5.91 Å². The van der Waals surface area contributed by atoms with E-state index in [0.717, 1.165) is 17.7 Å². The van der Waals surface area contributed by atoms with Gasteiger partial charge in [0.25, 0.3) is 0 Å². The van der Waals surface area contributed by atoms with Crippen LogP contribution in [0.1, 0.15) is 24.1 Å². The number of amides is 1. The predicted molar refractivity (Wildman–Crippen MR) is 100 cm³/mol. The highest BCUT2D eigenvalue weighted by molar-refractivity contribution is 5.83. The van der Waals surface area contributed by atoms with Crippen molar-refractivity contribution < 1.29 is 4.79 Å². The molecule has 5 heteroatoms. The van der Waals surface area contributed by atoms with Crippen molar-refractivity contribution in [3.63, 3.8) is 0 Å². The molecule has 5 nitrogen and oxygen atoms in total. The van der Waals surface area contributed by atoms with Gasteiger partial charge in [0.1, 0.15) is 0 Å². The van der Waals surface area contributed by atoms with Crippen LogP contribution < -0.4 is 10.6 Å². The quantitative estimate of drug-likeness (QED) is 0.652. The number of nitrogens with zero attached hydrogens (tertiary/aromatic N) is 2. The van der Waals surface area contributed by atoms with Crippen molar-refractivity contribution in [3.8, 4) is 0 Å². The van der Waals surface area contributed by atoms with Crippen LogP contribution >= 0.6 is 0 Å². The molecule has 130 valence electrons. The molecule has 1 aromatic heterocycles. The number of nitrogens with one attached hydrogen (secondary N) is 2. The molecule has 0 saturated heterocycles. The maximum absolute atomic E-state index is 12.1. The summed E-state index contributed by atoms with van der Waals surface area (Å²) in [7, 11) is 0. The summed E-state index contributed by atoms with van der Waals surface area (Å²) in [6, 6.07) is 14.5. The number of aryl methyl sites for hydroxylation is 1. The van der Waals surface area contributed by atoms with Crippen molar-refractivity contribution in [2.45, 2.75) is 26.4 Å². The fourth-order valence-corrected chi connectivity index (χ4v) is 2.84. The fourth-order valence-electron chi connectivity index (χ4n) is 2.84. The molecular weight excluding hydrogens is 312 g/mol. The monoisotopic (exact) mass is 336 g/mol. The highest BCUT2D eigenvalue weighted by Crippen LogP contribution is 2.20. The average molecular weight is 336 g/mol. The van der Waals surface area contributed by atoms with Crippen LogP contribution in [-0.4, -0.2) is 28.8 Å². The molecule has 25 heavy (non-hydrogen) atoms. The van der Waals surface area contributed by atoms with Gasteiger partial charge in [-0.1, -0.05) is 36.4 Å². The maximum Gasteiger partial charge on any atom is 0.234 e. The van der Waals surface area contributed by atoms with E-state index < -0.39 is 0 Å². The molecule has 0 aliphatic heterocycles. The molecule has 0 radical (unpaired) electrons. The third-order valence-electron chi connectivity index (χ3n) is 4.22. The van der Waals surface area contributed by atoms with Crippen molar-refractivity contribution in [3.05, 3.63) is 66.0 Å². The molecule has 2 aromatic carbocycles. The lowest BCUT2D eigenvalue weighted by molar-refractivity contribution is -0.120. The molecule has 0 bridgehead atoms. The molecule has 1 unspecified atom stereocenters. The van der Waals surface area contributed by atoms with Gasteiger partial charge < -0.3 is 10.6 Å². The Morgan fingerprint density at radius 3 is 2.76 bits per heavy atom. The van der Waals surface area contributed by atoms with Gasteiger partial charge in [-0.15, -0.1) is 0 Å². The summed E-state index contributed by atoms with van der Waals surface area (Å²) < 4.78 is 1.87. The zero-order valence-electron chi connectivity index (χ0n) is 14.7. The lowest BCUT2D eigenvalue weighted by Gasteiger charge is -2.15. The smallest absolute Gasteiger partial charge is 0.234 e. The van der Waals surface area contributed by atoms with E-state index in [1.807, 2.05) is 43.1 Å². The molecule has 3 aromatic rings. The fraction of sp³-hybridized carbons (Fsp3) is 0.300. The Bertz CT molecular complexity index is 856. The topological polar surface area (TPSA) is 59.0 Å². The summed E-state index contributed by atoms with van der Waals surface area (Å²) in [5, 5.41) is 12.8. The Balaban J connectivity index is 1.46. The zero-order chi connectivity index (χ0) is 17.6.